The fourth-order valence-electron chi connectivity index (χ4n) is 3.27. The Hall–Kier alpha value is -2.76. The van der Waals surface area contributed by atoms with Gasteiger partial charge in [0.25, 0.3) is 5.91 Å². The largest absolute Gasteiger partial charge is 0.368 e. The van der Waals surface area contributed by atoms with Crippen molar-refractivity contribution in [3.8, 4) is 11.1 Å². The van der Waals surface area contributed by atoms with Crippen molar-refractivity contribution in [2.45, 2.75) is 25.8 Å². The van der Waals surface area contributed by atoms with Gasteiger partial charge in [0.1, 0.15) is 17.7 Å². The molecule has 1 saturated heterocycles. The van der Waals surface area contributed by atoms with Crippen LogP contribution in [0.4, 0.5) is 8.78 Å². The summed E-state index contributed by atoms with van der Waals surface area (Å²) >= 11 is 0. The summed E-state index contributed by atoms with van der Waals surface area (Å²) in [5.74, 6) is -1.93. The number of likely N-dealkylation sites (tertiary alicyclic amines) is 1. The lowest BCUT2D eigenvalue weighted by atomic mass is 9.98. The molecule has 1 fully saturated rings. The first-order valence-corrected chi connectivity index (χ1v) is 8.05. The second kappa shape index (κ2) is 6.63. The van der Waals surface area contributed by atoms with Crippen LogP contribution in [0.3, 0.4) is 0 Å². The van der Waals surface area contributed by atoms with Crippen LogP contribution in [0.1, 0.15) is 28.8 Å². The zero-order valence-electron chi connectivity index (χ0n) is 13.8. The Bertz CT molecular complexity index is 851. The topological polar surface area (TPSA) is 63.4 Å². The second-order valence-electron chi connectivity index (χ2n) is 6.21. The van der Waals surface area contributed by atoms with Crippen molar-refractivity contribution in [2.24, 2.45) is 5.73 Å². The minimum Gasteiger partial charge on any atom is -0.368 e. The number of benzene rings is 2. The number of rotatable bonds is 3. The maximum atomic E-state index is 14.6. The van der Waals surface area contributed by atoms with E-state index in [0.717, 1.165) is 6.07 Å². The van der Waals surface area contributed by atoms with E-state index in [-0.39, 0.29) is 11.4 Å². The Morgan fingerprint density at radius 2 is 1.84 bits per heavy atom. The fourth-order valence-corrected chi connectivity index (χ4v) is 3.27. The number of carbonyl (C=O) groups excluding carboxylic acids is 2. The molecule has 2 N–H and O–H groups in total. The molecule has 4 nitrogen and oxygen atoms in total. The Labute approximate surface area is 144 Å². The number of halogens is 2. The standard InChI is InChI=1S/C19H18F2N2O2/c1-11-9-13(20)5-7-14(11)15-6-4-12(10-16(15)21)19(25)23-8-2-3-17(23)18(22)24/h4-7,9-10,17H,2-3,8H2,1H3,(H2,22,24). The van der Waals surface area contributed by atoms with Crippen LogP contribution in [-0.2, 0) is 4.79 Å². The van der Waals surface area contributed by atoms with E-state index in [2.05, 4.69) is 0 Å². The van der Waals surface area contributed by atoms with Crippen molar-refractivity contribution in [3.05, 3.63) is 59.2 Å². The number of aryl methyl sites for hydroxylation is 1. The van der Waals surface area contributed by atoms with Crippen LogP contribution in [0, 0.1) is 18.6 Å². The summed E-state index contributed by atoms with van der Waals surface area (Å²) < 4.78 is 27.8. The first-order chi connectivity index (χ1) is 11.9. The smallest absolute Gasteiger partial charge is 0.254 e. The molecule has 2 aromatic carbocycles. The van der Waals surface area contributed by atoms with Gasteiger partial charge >= 0.3 is 0 Å². The Balaban J connectivity index is 1.92. The van der Waals surface area contributed by atoms with Gasteiger partial charge in [-0.05, 0) is 55.2 Å². The molecule has 0 aliphatic carbocycles. The Kier molecular flexibility index (Phi) is 4.53. The first kappa shape index (κ1) is 17.1. The molecule has 3 rings (SSSR count). The van der Waals surface area contributed by atoms with Crippen molar-refractivity contribution < 1.29 is 18.4 Å². The van der Waals surface area contributed by atoms with Crippen LogP contribution in [0.25, 0.3) is 11.1 Å². The Morgan fingerprint density at radius 1 is 1.12 bits per heavy atom. The zero-order chi connectivity index (χ0) is 18.1. The van der Waals surface area contributed by atoms with Crippen LogP contribution in [0.2, 0.25) is 0 Å². The molecule has 0 aromatic heterocycles. The summed E-state index contributed by atoms with van der Waals surface area (Å²) in [5.41, 5.74) is 6.95. The number of nitrogens with two attached hydrogens (primary N) is 1. The average Bonchev–Trinajstić information content (AvgIpc) is 3.04. The minimum absolute atomic E-state index is 0.161. The second-order valence-corrected chi connectivity index (χ2v) is 6.21. The van der Waals surface area contributed by atoms with Gasteiger partial charge in [0.05, 0.1) is 0 Å². The van der Waals surface area contributed by atoms with Gasteiger partial charge in [-0.2, -0.15) is 0 Å². The normalized spacial score (nSPS) is 16.9. The fraction of sp³-hybridized carbons (Fsp3) is 0.263. The summed E-state index contributed by atoms with van der Waals surface area (Å²) in [6.07, 6.45) is 1.21. The van der Waals surface area contributed by atoms with Crippen molar-refractivity contribution in [1.82, 2.24) is 4.90 Å². The van der Waals surface area contributed by atoms with E-state index >= 15 is 0 Å². The molecular weight excluding hydrogens is 326 g/mol. The predicted octanol–water partition coefficient (Wildman–Crippen LogP) is 3.03. The number of hydrogen-bond acceptors (Lipinski definition) is 2. The highest BCUT2D eigenvalue weighted by atomic mass is 19.1. The lowest BCUT2D eigenvalue weighted by Crippen LogP contribution is -2.43. The maximum Gasteiger partial charge on any atom is 0.254 e. The van der Waals surface area contributed by atoms with Crippen molar-refractivity contribution in [1.29, 1.82) is 0 Å². The highest BCUT2D eigenvalue weighted by molar-refractivity contribution is 5.98. The molecule has 1 aliphatic rings. The van der Waals surface area contributed by atoms with Gasteiger partial charge in [-0.1, -0.05) is 12.1 Å². The van der Waals surface area contributed by atoms with E-state index in [1.165, 1.54) is 35.2 Å². The molecule has 25 heavy (non-hydrogen) atoms. The number of carbonyl (C=O) groups is 2. The quantitative estimate of drug-likeness (QED) is 0.930. The molecule has 2 amide bonds. The number of hydrogen-bond donors (Lipinski definition) is 1. The van der Waals surface area contributed by atoms with Gasteiger partial charge in [0, 0.05) is 17.7 Å². The molecule has 130 valence electrons. The molecule has 0 radical (unpaired) electrons. The third kappa shape index (κ3) is 3.24. The van der Waals surface area contributed by atoms with Gasteiger partial charge in [0.2, 0.25) is 5.91 Å². The van der Waals surface area contributed by atoms with Gasteiger partial charge < -0.3 is 10.6 Å². The van der Waals surface area contributed by atoms with E-state index in [1.807, 2.05) is 0 Å². The summed E-state index contributed by atoms with van der Waals surface area (Å²) in [6.45, 7) is 2.12. The average molecular weight is 344 g/mol. The highest BCUT2D eigenvalue weighted by Crippen LogP contribution is 2.28. The number of amides is 2. The van der Waals surface area contributed by atoms with Crippen LogP contribution in [0.5, 0.6) is 0 Å². The lowest BCUT2D eigenvalue weighted by Gasteiger charge is -2.22. The van der Waals surface area contributed by atoms with Gasteiger partial charge in [0.15, 0.2) is 0 Å². The van der Waals surface area contributed by atoms with Crippen LogP contribution < -0.4 is 5.73 Å². The first-order valence-electron chi connectivity index (χ1n) is 8.05. The van der Waals surface area contributed by atoms with Crippen LogP contribution in [0.15, 0.2) is 36.4 Å². The summed E-state index contributed by atoms with van der Waals surface area (Å²) in [6, 6.07) is 7.62. The maximum absolute atomic E-state index is 14.6. The Morgan fingerprint density at radius 3 is 2.48 bits per heavy atom. The third-order valence-corrected chi connectivity index (χ3v) is 4.54. The van der Waals surface area contributed by atoms with E-state index < -0.39 is 23.7 Å². The van der Waals surface area contributed by atoms with Crippen molar-refractivity contribution in [3.63, 3.8) is 0 Å². The molecule has 1 unspecified atom stereocenters. The van der Waals surface area contributed by atoms with E-state index in [0.29, 0.717) is 36.1 Å². The molecule has 0 saturated carbocycles. The molecule has 6 heteroatoms. The SMILES string of the molecule is Cc1cc(F)ccc1-c1ccc(C(=O)N2CCCC2C(N)=O)cc1F. The highest BCUT2D eigenvalue weighted by Gasteiger charge is 2.33. The predicted molar refractivity (Wildman–Crippen MR) is 89.8 cm³/mol. The van der Waals surface area contributed by atoms with E-state index in [1.54, 1.807) is 6.92 Å². The molecule has 1 atom stereocenters. The summed E-state index contributed by atoms with van der Waals surface area (Å²) in [5, 5.41) is 0. The number of nitrogens with zero attached hydrogens (tertiary/aromatic N) is 1. The summed E-state index contributed by atoms with van der Waals surface area (Å²) in [7, 11) is 0. The monoisotopic (exact) mass is 344 g/mol. The zero-order valence-corrected chi connectivity index (χ0v) is 13.8. The van der Waals surface area contributed by atoms with Crippen LogP contribution in [-0.4, -0.2) is 29.3 Å². The van der Waals surface area contributed by atoms with Crippen molar-refractivity contribution in [2.75, 3.05) is 6.54 Å². The summed E-state index contributed by atoms with van der Waals surface area (Å²) in [4.78, 5) is 25.4. The van der Waals surface area contributed by atoms with Gasteiger partial charge in [-0.25, -0.2) is 8.78 Å². The van der Waals surface area contributed by atoms with Gasteiger partial charge in [-0.15, -0.1) is 0 Å². The molecule has 1 aliphatic heterocycles. The molecular formula is C19H18F2N2O2. The van der Waals surface area contributed by atoms with E-state index in [4.69, 9.17) is 5.73 Å². The third-order valence-electron chi connectivity index (χ3n) is 4.54. The van der Waals surface area contributed by atoms with Crippen molar-refractivity contribution >= 4 is 11.8 Å². The van der Waals surface area contributed by atoms with E-state index in [9.17, 15) is 18.4 Å². The molecule has 1 heterocycles. The number of primary amides is 1. The van der Waals surface area contributed by atoms with Crippen LogP contribution >= 0.6 is 0 Å². The molecule has 0 bridgehead atoms. The lowest BCUT2D eigenvalue weighted by molar-refractivity contribution is -0.121. The minimum atomic E-state index is -0.644. The molecule has 0 spiro atoms. The molecule has 2 aromatic rings. The van der Waals surface area contributed by atoms with Gasteiger partial charge in [-0.3, -0.25) is 9.59 Å².